The Morgan fingerprint density at radius 2 is 2.33 bits per heavy atom. The van der Waals surface area contributed by atoms with Crippen LogP contribution in [0.15, 0.2) is 18.2 Å². The Kier molecular flexibility index (Phi) is 3.23. The molecule has 82 valence electrons. The largest absolute Gasteiger partial charge is 0.493 e. The molecule has 0 amide bonds. The van der Waals surface area contributed by atoms with Gasteiger partial charge in [0.05, 0.1) is 6.61 Å². The number of aliphatic hydroxyl groups excluding tert-OH is 1. The van der Waals surface area contributed by atoms with Crippen molar-refractivity contribution in [2.75, 3.05) is 19.8 Å². The molecular weight excluding hydrogens is 190 g/mol. The first kappa shape index (κ1) is 10.5. The number of ether oxygens (including phenoxy) is 1. The molecule has 0 spiro atoms. The number of hydrogen-bond donors (Lipinski definition) is 2. The van der Waals surface area contributed by atoms with Crippen LogP contribution in [0.2, 0.25) is 0 Å². The molecule has 1 unspecified atom stereocenters. The van der Waals surface area contributed by atoms with Gasteiger partial charge in [0.2, 0.25) is 0 Å². The summed E-state index contributed by atoms with van der Waals surface area (Å²) in [6.45, 7) is 1.56. The van der Waals surface area contributed by atoms with E-state index in [0.717, 1.165) is 25.2 Å². The van der Waals surface area contributed by atoms with Crippen molar-refractivity contribution in [1.82, 2.24) is 0 Å². The maximum atomic E-state index is 8.94. The van der Waals surface area contributed by atoms with E-state index in [2.05, 4.69) is 12.1 Å². The van der Waals surface area contributed by atoms with Gasteiger partial charge in [-0.05, 0) is 36.1 Å². The minimum absolute atomic E-state index is 0.190. The average molecular weight is 207 g/mol. The molecule has 0 bridgehead atoms. The number of fused-ring (bicyclic) bond motifs is 1. The van der Waals surface area contributed by atoms with Gasteiger partial charge in [-0.1, -0.05) is 12.1 Å². The fourth-order valence-electron chi connectivity index (χ4n) is 2.04. The highest BCUT2D eigenvalue weighted by molar-refractivity contribution is 5.41. The Balaban J connectivity index is 2.20. The molecule has 1 aliphatic rings. The molecule has 3 N–H and O–H groups in total. The molecule has 1 heterocycles. The van der Waals surface area contributed by atoms with Crippen LogP contribution in [0.5, 0.6) is 5.75 Å². The zero-order chi connectivity index (χ0) is 10.7. The van der Waals surface area contributed by atoms with E-state index in [4.69, 9.17) is 15.6 Å². The van der Waals surface area contributed by atoms with Crippen LogP contribution in [0.1, 0.15) is 23.5 Å². The highest BCUT2D eigenvalue weighted by atomic mass is 16.5. The van der Waals surface area contributed by atoms with Crippen LogP contribution in [0, 0.1) is 0 Å². The van der Waals surface area contributed by atoms with Gasteiger partial charge >= 0.3 is 0 Å². The number of benzene rings is 1. The summed E-state index contributed by atoms with van der Waals surface area (Å²) in [5.74, 6) is 1.26. The molecule has 15 heavy (non-hydrogen) atoms. The maximum Gasteiger partial charge on any atom is 0.122 e. The number of rotatable bonds is 4. The Labute approximate surface area is 89.9 Å². The Morgan fingerprint density at radius 3 is 3.07 bits per heavy atom. The van der Waals surface area contributed by atoms with E-state index in [-0.39, 0.29) is 12.5 Å². The van der Waals surface area contributed by atoms with Gasteiger partial charge in [0.1, 0.15) is 5.75 Å². The zero-order valence-electron chi connectivity index (χ0n) is 8.78. The minimum Gasteiger partial charge on any atom is -0.493 e. The summed E-state index contributed by atoms with van der Waals surface area (Å²) in [4.78, 5) is 0. The topological polar surface area (TPSA) is 55.5 Å². The molecule has 0 aromatic heterocycles. The van der Waals surface area contributed by atoms with Gasteiger partial charge in [-0.15, -0.1) is 0 Å². The summed E-state index contributed by atoms with van der Waals surface area (Å²) in [5.41, 5.74) is 8.18. The molecule has 0 radical (unpaired) electrons. The molecular formula is C12H17NO2. The summed E-state index contributed by atoms with van der Waals surface area (Å²) < 4.78 is 5.45. The van der Waals surface area contributed by atoms with Crippen LogP contribution < -0.4 is 10.5 Å². The van der Waals surface area contributed by atoms with Crippen LogP contribution in [-0.2, 0) is 6.42 Å². The second-order valence-corrected chi connectivity index (χ2v) is 3.91. The molecule has 0 aliphatic carbocycles. The SMILES string of the molecule is NCC(CCO)c1ccc2c(c1)CCO2. The molecule has 1 aliphatic heterocycles. The third kappa shape index (κ3) is 2.13. The summed E-state index contributed by atoms with van der Waals surface area (Å²) in [5, 5.41) is 8.94. The highest BCUT2D eigenvalue weighted by Gasteiger charge is 2.15. The summed E-state index contributed by atoms with van der Waals surface area (Å²) in [6.07, 6.45) is 1.72. The number of hydrogen-bond acceptors (Lipinski definition) is 3. The Morgan fingerprint density at radius 1 is 1.47 bits per heavy atom. The normalized spacial score (nSPS) is 15.9. The van der Waals surface area contributed by atoms with Crippen molar-refractivity contribution in [1.29, 1.82) is 0 Å². The van der Waals surface area contributed by atoms with Gasteiger partial charge in [0, 0.05) is 13.0 Å². The Hall–Kier alpha value is -1.06. The first-order chi connectivity index (χ1) is 7.35. The van der Waals surface area contributed by atoms with Gasteiger partial charge in [0.25, 0.3) is 0 Å². The van der Waals surface area contributed by atoms with Crippen LogP contribution in [0.4, 0.5) is 0 Å². The molecule has 1 atom stereocenters. The third-order valence-electron chi connectivity index (χ3n) is 2.95. The predicted molar refractivity (Wildman–Crippen MR) is 59.1 cm³/mol. The fraction of sp³-hybridized carbons (Fsp3) is 0.500. The minimum atomic E-state index is 0.190. The van der Waals surface area contributed by atoms with Gasteiger partial charge in [-0.25, -0.2) is 0 Å². The van der Waals surface area contributed by atoms with Crippen molar-refractivity contribution >= 4 is 0 Å². The standard InChI is InChI=1S/C12H17NO2/c13-8-11(3-5-14)9-1-2-12-10(7-9)4-6-15-12/h1-2,7,11,14H,3-6,8,13H2. The fourth-order valence-corrected chi connectivity index (χ4v) is 2.04. The number of nitrogens with two attached hydrogens (primary N) is 1. The molecule has 0 fully saturated rings. The second kappa shape index (κ2) is 4.64. The van der Waals surface area contributed by atoms with E-state index in [1.807, 2.05) is 6.07 Å². The molecule has 2 rings (SSSR count). The lowest BCUT2D eigenvalue weighted by Gasteiger charge is -2.14. The van der Waals surface area contributed by atoms with Gasteiger partial charge in [-0.3, -0.25) is 0 Å². The van der Waals surface area contributed by atoms with Crippen molar-refractivity contribution in [3.05, 3.63) is 29.3 Å². The average Bonchev–Trinajstić information content (AvgIpc) is 2.72. The summed E-state index contributed by atoms with van der Waals surface area (Å²) in [6, 6.07) is 6.23. The predicted octanol–water partition coefficient (Wildman–Crippen LogP) is 1.05. The quantitative estimate of drug-likeness (QED) is 0.775. The molecule has 1 aromatic rings. The van der Waals surface area contributed by atoms with Crippen molar-refractivity contribution in [2.45, 2.75) is 18.8 Å². The lowest BCUT2D eigenvalue weighted by molar-refractivity contribution is 0.276. The van der Waals surface area contributed by atoms with E-state index < -0.39 is 0 Å². The number of aliphatic hydroxyl groups is 1. The van der Waals surface area contributed by atoms with E-state index in [9.17, 15) is 0 Å². The summed E-state index contributed by atoms with van der Waals surface area (Å²) >= 11 is 0. The first-order valence-corrected chi connectivity index (χ1v) is 5.41. The third-order valence-corrected chi connectivity index (χ3v) is 2.95. The van der Waals surface area contributed by atoms with Crippen LogP contribution in [-0.4, -0.2) is 24.9 Å². The van der Waals surface area contributed by atoms with Gasteiger partial charge in [0.15, 0.2) is 0 Å². The lowest BCUT2D eigenvalue weighted by atomic mass is 9.94. The van der Waals surface area contributed by atoms with Gasteiger partial charge in [-0.2, -0.15) is 0 Å². The van der Waals surface area contributed by atoms with Crippen molar-refractivity contribution in [2.24, 2.45) is 5.73 Å². The van der Waals surface area contributed by atoms with Crippen molar-refractivity contribution < 1.29 is 9.84 Å². The van der Waals surface area contributed by atoms with E-state index in [1.54, 1.807) is 0 Å². The van der Waals surface area contributed by atoms with E-state index in [0.29, 0.717) is 6.54 Å². The van der Waals surface area contributed by atoms with Crippen LogP contribution >= 0.6 is 0 Å². The summed E-state index contributed by atoms with van der Waals surface area (Å²) in [7, 11) is 0. The maximum absolute atomic E-state index is 8.94. The molecule has 0 saturated carbocycles. The molecule has 3 nitrogen and oxygen atoms in total. The van der Waals surface area contributed by atoms with Crippen LogP contribution in [0.25, 0.3) is 0 Å². The zero-order valence-corrected chi connectivity index (χ0v) is 8.78. The Bertz CT molecular complexity index is 338. The van der Waals surface area contributed by atoms with Crippen molar-refractivity contribution in [3.8, 4) is 5.75 Å². The lowest BCUT2D eigenvalue weighted by Crippen LogP contribution is -2.14. The van der Waals surface area contributed by atoms with E-state index in [1.165, 1.54) is 11.1 Å². The monoisotopic (exact) mass is 207 g/mol. The van der Waals surface area contributed by atoms with E-state index >= 15 is 0 Å². The van der Waals surface area contributed by atoms with Crippen LogP contribution in [0.3, 0.4) is 0 Å². The molecule has 1 aromatic carbocycles. The first-order valence-electron chi connectivity index (χ1n) is 5.41. The highest BCUT2D eigenvalue weighted by Crippen LogP contribution is 2.29. The van der Waals surface area contributed by atoms with Crippen molar-refractivity contribution in [3.63, 3.8) is 0 Å². The second-order valence-electron chi connectivity index (χ2n) is 3.91. The van der Waals surface area contributed by atoms with Gasteiger partial charge < -0.3 is 15.6 Å². The molecule has 0 saturated heterocycles. The molecule has 3 heteroatoms. The smallest absolute Gasteiger partial charge is 0.122 e.